The summed E-state index contributed by atoms with van der Waals surface area (Å²) in [5.41, 5.74) is 3.07. The summed E-state index contributed by atoms with van der Waals surface area (Å²) in [6.45, 7) is 2.29. The van der Waals surface area contributed by atoms with Crippen LogP contribution < -0.4 is 4.74 Å². The average Bonchev–Trinajstić information content (AvgIpc) is 3.04. The van der Waals surface area contributed by atoms with Crippen LogP contribution in [0.4, 0.5) is 8.78 Å². The van der Waals surface area contributed by atoms with Gasteiger partial charge in [-0.05, 0) is 24.1 Å². The second-order valence-corrected chi connectivity index (χ2v) is 7.99. The number of aryl methyl sites for hydroxylation is 1. The molecule has 0 atom stereocenters. The number of rotatable bonds is 5. The Hall–Kier alpha value is -2.93. The number of carbonyl (C=O) groups excluding carboxylic acids is 1. The minimum Gasteiger partial charge on any atom is -0.487 e. The number of hydrogen-bond acceptors (Lipinski definition) is 3. The molecule has 3 aromatic rings. The van der Waals surface area contributed by atoms with E-state index < -0.39 is 18.4 Å². The molecule has 0 fully saturated rings. The predicted molar refractivity (Wildman–Crippen MR) is 115 cm³/mol. The molecule has 0 saturated heterocycles. The number of alkyl halides is 2. The molecular formula is C23H22ClF2N3O2. The summed E-state index contributed by atoms with van der Waals surface area (Å²) in [6, 6.07) is 15.0. The molecule has 1 aliphatic heterocycles. The summed E-state index contributed by atoms with van der Waals surface area (Å²) in [6.07, 6.45) is 0.886. The maximum Gasteiger partial charge on any atom is 0.278 e. The van der Waals surface area contributed by atoms with Crippen LogP contribution in [-0.4, -0.2) is 46.2 Å². The summed E-state index contributed by atoms with van der Waals surface area (Å²) >= 11 is 6.42. The Kier molecular flexibility index (Phi) is 5.71. The number of carbonyl (C=O) groups is 1. The van der Waals surface area contributed by atoms with Gasteiger partial charge in [0, 0.05) is 12.5 Å². The molecule has 4 rings (SSSR count). The van der Waals surface area contributed by atoms with Crippen LogP contribution in [0.25, 0.3) is 16.9 Å². The predicted octanol–water partition coefficient (Wildman–Crippen LogP) is 5.24. The van der Waals surface area contributed by atoms with Crippen LogP contribution in [-0.2, 0) is 6.42 Å². The Morgan fingerprint density at radius 3 is 2.52 bits per heavy atom. The summed E-state index contributed by atoms with van der Waals surface area (Å²) in [7, 11) is 0. The maximum atomic E-state index is 13.6. The molecule has 0 radical (unpaired) electrons. The van der Waals surface area contributed by atoms with Crippen LogP contribution in [0.5, 0.6) is 5.75 Å². The van der Waals surface area contributed by atoms with Crippen molar-refractivity contribution in [3.05, 3.63) is 64.8 Å². The molecule has 0 unspecified atom stereocenters. The molecule has 1 aliphatic rings. The van der Waals surface area contributed by atoms with E-state index in [-0.39, 0.29) is 24.6 Å². The van der Waals surface area contributed by atoms with Crippen molar-refractivity contribution in [1.82, 2.24) is 14.7 Å². The SMILES string of the molecule is CCc1ccc(-c2c3c(nn2-c2ccccc2Cl)C(=O)N(CC(C)(F)F)CCO3)cc1. The van der Waals surface area contributed by atoms with E-state index in [1.165, 1.54) is 0 Å². The third-order valence-corrected chi connectivity index (χ3v) is 5.44. The lowest BCUT2D eigenvalue weighted by Crippen LogP contribution is -2.40. The highest BCUT2D eigenvalue weighted by atomic mass is 35.5. The number of fused-ring (bicyclic) bond motifs is 1. The van der Waals surface area contributed by atoms with Crippen LogP contribution in [0, 0.1) is 0 Å². The van der Waals surface area contributed by atoms with Gasteiger partial charge in [-0.15, -0.1) is 0 Å². The van der Waals surface area contributed by atoms with Crippen molar-refractivity contribution in [2.45, 2.75) is 26.2 Å². The molecule has 8 heteroatoms. The Morgan fingerprint density at radius 2 is 1.87 bits per heavy atom. The first-order valence-electron chi connectivity index (χ1n) is 10.1. The van der Waals surface area contributed by atoms with E-state index >= 15 is 0 Å². The zero-order valence-corrected chi connectivity index (χ0v) is 18.0. The maximum absolute atomic E-state index is 13.6. The van der Waals surface area contributed by atoms with E-state index in [1.807, 2.05) is 30.3 Å². The molecule has 0 saturated carbocycles. The van der Waals surface area contributed by atoms with Crippen molar-refractivity contribution in [3.8, 4) is 22.7 Å². The minimum atomic E-state index is -3.02. The molecule has 1 amide bonds. The first kappa shape index (κ1) is 21.3. The van der Waals surface area contributed by atoms with Gasteiger partial charge in [-0.1, -0.05) is 54.9 Å². The van der Waals surface area contributed by atoms with E-state index in [9.17, 15) is 13.6 Å². The molecule has 0 spiro atoms. The van der Waals surface area contributed by atoms with Crippen LogP contribution in [0.1, 0.15) is 29.9 Å². The van der Waals surface area contributed by atoms with E-state index in [0.29, 0.717) is 16.4 Å². The summed E-state index contributed by atoms with van der Waals surface area (Å²) in [5.74, 6) is -3.34. The number of amides is 1. The number of ether oxygens (including phenoxy) is 1. The van der Waals surface area contributed by atoms with Gasteiger partial charge in [0.15, 0.2) is 11.4 Å². The van der Waals surface area contributed by atoms with Gasteiger partial charge in [0.25, 0.3) is 11.8 Å². The molecule has 31 heavy (non-hydrogen) atoms. The van der Waals surface area contributed by atoms with E-state index in [0.717, 1.165) is 29.4 Å². The number of nitrogens with zero attached hydrogens (tertiary/aromatic N) is 3. The second kappa shape index (κ2) is 8.30. The van der Waals surface area contributed by atoms with E-state index in [4.69, 9.17) is 16.3 Å². The van der Waals surface area contributed by atoms with Crippen molar-refractivity contribution in [3.63, 3.8) is 0 Å². The average molecular weight is 446 g/mol. The molecule has 1 aromatic heterocycles. The Labute approximate surface area is 184 Å². The highest BCUT2D eigenvalue weighted by Crippen LogP contribution is 2.39. The van der Waals surface area contributed by atoms with Crippen LogP contribution in [0.15, 0.2) is 48.5 Å². The van der Waals surface area contributed by atoms with Gasteiger partial charge >= 0.3 is 0 Å². The smallest absolute Gasteiger partial charge is 0.278 e. The molecule has 0 aliphatic carbocycles. The van der Waals surface area contributed by atoms with Crippen molar-refractivity contribution >= 4 is 17.5 Å². The molecule has 5 nitrogen and oxygen atoms in total. The standard InChI is InChI=1S/C23H22ClF2N3O2/c1-3-15-8-10-16(11-9-15)20-21-19(27-29(20)18-7-5-4-6-17(18)24)22(30)28(12-13-31-21)14-23(2,25)26/h4-11H,3,12-14H2,1-2H3. The number of hydrogen-bond donors (Lipinski definition) is 0. The van der Waals surface area contributed by atoms with Crippen molar-refractivity contribution in [2.75, 3.05) is 19.7 Å². The fourth-order valence-corrected chi connectivity index (χ4v) is 3.84. The molecular weight excluding hydrogens is 424 g/mol. The molecule has 162 valence electrons. The van der Waals surface area contributed by atoms with Gasteiger partial charge in [-0.2, -0.15) is 5.10 Å². The molecule has 2 heterocycles. The molecule has 0 N–H and O–H groups in total. The highest BCUT2D eigenvalue weighted by Gasteiger charge is 2.36. The number of benzene rings is 2. The lowest BCUT2D eigenvalue weighted by molar-refractivity contribution is -0.0119. The van der Waals surface area contributed by atoms with Gasteiger partial charge in [-0.3, -0.25) is 4.79 Å². The number of halogens is 3. The van der Waals surface area contributed by atoms with Gasteiger partial charge in [0.05, 0.1) is 23.8 Å². The van der Waals surface area contributed by atoms with Crippen molar-refractivity contribution in [1.29, 1.82) is 0 Å². The number of aromatic nitrogens is 2. The topological polar surface area (TPSA) is 47.4 Å². The summed E-state index contributed by atoms with van der Waals surface area (Å²) < 4.78 is 34.8. The quantitative estimate of drug-likeness (QED) is 0.539. The second-order valence-electron chi connectivity index (χ2n) is 7.59. The zero-order chi connectivity index (χ0) is 22.2. The lowest BCUT2D eigenvalue weighted by atomic mass is 10.1. The lowest BCUT2D eigenvalue weighted by Gasteiger charge is -2.22. The summed E-state index contributed by atoms with van der Waals surface area (Å²) in [4.78, 5) is 14.2. The largest absolute Gasteiger partial charge is 0.487 e. The van der Waals surface area contributed by atoms with E-state index in [1.54, 1.807) is 22.9 Å². The highest BCUT2D eigenvalue weighted by molar-refractivity contribution is 6.32. The first-order valence-corrected chi connectivity index (χ1v) is 10.4. The Balaban J connectivity index is 1.90. The first-order chi connectivity index (χ1) is 14.8. The fraction of sp³-hybridized carbons (Fsp3) is 0.304. The van der Waals surface area contributed by atoms with E-state index in [2.05, 4.69) is 12.0 Å². The van der Waals surface area contributed by atoms with Gasteiger partial charge in [0.2, 0.25) is 0 Å². The fourth-order valence-electron chi connectivity index (χ4n) is 3.63. The minimum absolute atomic E-state index is 0.00348. The van der Waals surface area contributed by atoms with Gasteiger partial charge in [0.1, 0.15) is 12.3 Å². The monoisotopic (exact) mass is 445 g/mol. The molecule has 0 bridgehead atoms. The van der Waals surface area contributed by atoms with Crippen molar-refractivity contribution < 1.29 is 18.3 Å². The Morgan fingerprint density at radius 1 is 1.16 bits per heavy atom. The normalized spacial score (nSPS) is 14.2. The van der Waals surface area contributed by atoms with Gasteiger partial charge < -0.3 is 9.64 Å². The third kappa shape index (κ3) is 4.28. The van der Waals surface area contributed by atoms with Gasteiger partial charge in [-0.25, -0.2) is 13.5 Å². The third-order valence-electron chi connectivity index (χ3n) is 5.12. The van der Waals surface area contributed by atoms with Crippen molar-refractivity contribution in [2.24, 2.45) is 0 Å². The van der Waals surface area contributed by atoms with Crippen LogP contribution in [0.3, 0.4) is 0 Å². The molecule has 2 aromatic carbocycles. The summed E-state index contributed by atoms with van der Waals surface area (Å²) in [5, 5.41) is 4.93. The zero-order valence-electron chi connectivity index (χ0n) is 17.2. The number of para-hydroxylation sites is 1. The van der Waals surface area contributed by atoms with Crippen LogP contribution in [0.2, 0.25) is 5.02 Å². The van der Waals surface area contributed by atoms with Crippen LogP contribution >= 0.6 is 11.6 Å². The Bertz CT molecular complexity index is 1110.